The molecule has 0 aliphatic carbocycles. The van der Waals surface area contributed by atoms with E-state index in [4.69, 9.17) is 11.6 Å². The first-order chi connectivity index (χ1) is 7.84. The van der Waals surface area contributed by atoms with Gasteiger partial charge in [0.2, 0.25) is 0 Å². The van der Waals surface area contributed by atoms with Crippen molar-refractivity contribution in [3.63, 3.8) is 0 Å². The highest BCUT2D eigenvalue weighted by molar-refractivity contribution is 6.30. The second kappa shape index (κ2) is 7.28. The number of hydrogen-bond donors (Lipinski definition) is 1. The molecular formula is C13H14Cl2N2. The lowest BCUT2D eigenvalue weighted by atomic mass is 10.2. The van der Waals surface area contributed by atoms with Gasteiger partial charge in [-0.25, -0.2) is 0 Å². The van der Waals surface area contributed by atoms with Crippen LogP contribution in [0.15, 0.2) is 48.8 Å². The summed E-state index contributed by atoms with van der Waals surface area (Å²) in [7, 11) is 0. The number of nitrogens with one attached hydrogen (secondary N) is 1. The summed E-state index contributed by atoms with van der Waals surface area (Å²) in [4.78, 5) is 3.98. The molecule has 0 fully saturated rings. The van der Waals surface area contributed by atoms with Gasteiger partial charge in [0.1, 0.15) is 0 Å². The molecule has 0 aliphatic heterocycles. The largest absolute Gasteiger partial charge is 0.309 e. The number of benzene rings is 1. The van der Waals surface area contributed by atoms with E-state index >= 15 is 0 Å². The predicted molar refractivity (Wildman–Crippen MR) is 73.5 cm³/mol. The van der Waals surface area contributed by atoms with Crippen molar-refractivity contribution < 1.29 is 0 Å². The van der Waals surface area contributed by atoms with E-state index in [0.717, 1.165) is 18.1 Å². The van der Waals surface area contributed by atoms with Gasteiger partial charge >= 0.3 is 0 Å². The zero-order valence-electron chi connectivity index (χ0n) is 9.27. The minimum Gasteiger partial charge on any atom is -0.309 e. The Morgan fingerprint density at radius 2 is 1.71 bits per heavy atom. The van der Waals surface area contributed by atoms with Crippen LogP contribution in [0.1, 0.15) is 11.1 Å². The highest BCUT2D eigenvalue weighted by Crippen LogP contribution is 2.10. The van der Waals surface area contributed by atoms with Crippen molar-refractivity contribution >= 4 is 24.0 Å². The van der Waals surface area contributed by atoms with Gasteiger partial charge in [0.15, 0.2) is 0 Å². The zero-order chi connectivity index (χ0) is 11.2. The van der Waals surface area contributed by atoms with Gasteiger partial charge in [0.05, 0.1) is 0 Å². The second-order valence-corrected chi connectivity index (χ2v) is 4.03. The lowest BCUT2D eigenvalue weighted by Gasteiger charge is -2.05. The van der Waals surface area contributed by atoms with Crippen molar-refractivity contribution in [1.29, 1.82) is 0 Å². The molecule has 0 radical (unpaired) electrons. The van der Waals surface area contributed by atoms with Crippen LogP contribution >= 0.6 is 24.0 Å². The molecule has 0 unspecified atom stereocenters. The van der Waals surface area contributed by atoms with Crippen molar-refractivity contribution in [2.24, 2.45) is 0 Å². The molecule has 90 valence electrons. The molecule has 1 aromatic heterocycles. The van der Waals surface area contributed by atoms with Crippen LogP contribution < -0.4 is 5.32 Å². The smallest absolute Gasteiger partial charge is 0.0409 e. The minimum absolute atomic E-state index is 0. The van der Waals surface area contributed by atoms with Crippen LogP contribution in [0.25, 0.3) is 0 Å². The molecular weight excluding hydrogens is 255 g/mol. The molecule has 2 aromatic rings. The first-order valence-corrected chi connectivity index (χ1v) is 5.56. The maximum absolute atomic E-state index is 5.90. The van der Waals surface area contributed by atoms with Gasteiger partial charge in [-0.2, -0.15) is 0 Å². The van der Waals surface area contributed by atoms with Crippen LogP contribution in [0.3, 0.4) is 0 Å². The summed E-state index contributed by atoms with van der Waals surface area (Å²) in [6.45, 7) is 1.66. The van der Waals surface area contributed by atoms with Gasteiger partial charge < -0.3 is 5.32 Å². The van der Waals surface area contributed by atoms with Crippen LogP contribution in [0.5, 0.6) is 0 Å². The molecule has 1 aromatic carbocycles. The molecule has 0 amide bonds. The van der Waals surface area contributed by atoms with Crippen LogP contribution in [0, 0.1) is 0 Å². The molecule has 1 heterocycles. The molecule has 0 aliphatic rings. The molecule has 0 saturated carbocycles. The van der Waals surface area contributed by atoms with E-state index in [2.05, 4.69) is 16.4 Å². The Labute approximate surface area is 112 Å². The summed E-state index contributed by atoms with van der Waals surface area (Å²) in [5, 5.41) is 4.14. The molecule has 4 heteroatoms. The monoisotopic (exact) mass is 268 g/mol. The van der Waals surface area contributed by atoms with Crippen LogP contribution in [0.4, 0.5) is 0 Å². The van der Waals surface area contributed by atoms with Gasteiger partial charge in [-0.05, 0) is 35.4 Å². The fraction of sp³-hybridized carbons (Fsp3) is 0.154. The average molecular weight is 269 g/mol. The summed E-state index contributed by atoms with van der Waals surface area (Å²) in [6, 6.07) is 11.9. The topological polar surface area (TPSA) is 24.9 Å². The Bertz CT molecular complexity index is 446. The third-order valence-corrected chi connectivity index (χ3v) is 2.53. The maximum Gasteiger partial charge on any atom is 0.0409 e. The second-order valence-electron chi connectivity index (χ2n) is 3.59. The van der Waals surface area contributed by atoms with E-state index in [9.17, 15) is 0 Å². The Balaban J connectivity index is 0.00000144. The summed E-state index contributed by atoms with van der Waals surface area (Å²) in [5.41, 5.74) is 2.43. The van der Waals surface area contributed by atoms with E-state index in [0.29, 0.717) is 0 Å². The molecule has 0 spiro atoms. The van der Waals surface area contributed by atoms with Crippen molar-refractivity contribution in [1.82, 2.24) is 10.3 Å². The SMILES string of the molecule is Cl.Clc1cccc(CNCc2ccncc2)c1. The fourth-order valence-corrected chi connectivity index (χ4v) is 1.71. The number of pyridine rings is 1. The summed E-state index contributed by atoms with van der Waals surface area (Å²) in [5.74, 6) is 0. The number of hydrogen-bond acceptors (Lipinski definition) is 2. The van der Waals surface area contributed by atoms with Gasteiger partial charge in [-0.1, -0.05) is 23.7 Å². The molecule has 0 saturated heterocycles. The van der Waals surface area contributed by atoms with Crippen LogP contribution in [-0.2, 0) is 13.1 Å². The summed E-state index contributed by atoms with van der Waals surface area (Å²) in [6.07, 6.45) is 3.60. The van der Waals surface area contributed by atoms with Crippen LogP contribution in [-0.4, -0.2) is 4.98 Å². The molecule has 2 rings (SSSR count). The van der Waals surface area contributed by atoms with Crippen molar-refractivity contribution in [3.05, 3.63) is 64.9 Å². The van der Waals surface area contributed by atoms with Gasteiger partial charge in [-0.3, -0.25) is 4.98 Å². The highest BCUT2D eigenvalue weighted by atomic mass is 35.5. The normalized spacial score (nSPS) is 9.71. The van der Waals surface area contributed by atoms with Gasteiger partial charge in [-0.15, -0.1) is 12.4 Å². The maximum atomic E-state index is 5.90. The first kappa shape index (κ1) is 14.0. The number of nitrogens with zero attached hydrogens (tertiary/aromatic N) is 1. The standard InChI is InChI=1S/C13H13ClN2.ClH/c14-13-3-1-2-12(8-13)10-16-9-11-4-6-15-7-5-11;/h1-8,16H,9-10H2;1H. The summed E-state index contributed by atoms with van der Waals surface area (Å²) < 4.78 is 0. The highest BCUT2D eigenvalue weighted by Gasteiger charge is 1.94. The van der Waals surface area contributed by atoms with Crippen molar-refractivity contribution in [3.8, 4) is 0 Å². The molecule has 0 atom stereocenters. The van der Waals surface area contributed by atoms with Gasteiger partial charge in [0.25, 0.3) is 0 Å². The van der Waals surface area contributed by atoms with Gasteiger partial charge in [0, 0.05) is 30.5 Å². The van der Waals surface area contributed by atoms with Crippen molar-refractivity contribution in [2.75, 3.05) is 0 Å². The molecule has 0 bridgehead atoms. The van der Waals surface area contributed by atoms with Crippen LogP contribution in [0.2, 0.25) is 5.02 Å². The van der Waals surface area contributed by atoms with Crippen molar-refractivity contribution in [2.45, 2.75) is 13.1 Å². The number of rotatable bonds is 4. The van der Waals surface area contributed by atoms with E-state index in [-0.39, 0.29) is 12.4 Å². The van der Waals surface area contributed by atoms with E-state index in [1.807, 2.05) is 30.3 Å². The molecule has 17 heavy (non-hydrogen) atoms. The van der Waals surface area contributed by atoms with E-state index in [1.165, 1.54) is 11.1 Å². The number of aromatic nitrogens is 1. The Hall–Kier alpha value is -1.09. The average Bonchev–Trinajstić information content (AvgIpc) is 2.30. The third-order valence-electron chi connectivity index (χ3n) is 2.30. The third kappa shape index (κ3) is 4.73. The first-order valence-electron chi connectivity index (χ1n) is 5.18. The lowest BCUT2D eigenvalue weighted by Crippen LogP contribution is -2.12. The van der Waals surface area contributed by atoms with E-state index < -0.39 is 0 Å². The quantitative estimate of drug-likeness (QED) is 0.919. The zero-order valence-corrected chi connectivity index (χ0v) is 10.8. The summed E-state index contributed by atoms with van der Waals surface area (Å²) >= 11 is 5.90. The Morgan fingerprint density at radius 3 is 2.41 bits per heavy atom. The Morgan fingerprint density at radius 1 is 1.00 bits per heavy atom. The molecule has 2 nitrogen and oxygen atoms in total. The predicted octanol–water partition coefficient (Wildman–Crippen LogP) is 3.45. The minimum atomic E-state index is 0. The molecule has 1 N–H and O–H groups in total. The lowest BCUT2D eigenvalue weighted by molar-refractivity contribution is 0.693. The van der Waals surface area contributed by atoms with E-state index in [1.54, 1.807) is 12.4 Å². The Kier molecular flexibility index (Phi) is 5.98. The fourth-order valence-electron chi connectivity index (χ4n) is 1.50. The number of halogens is 2.